The first-order valence-electron chi connectivity index (χ1n) is 8.46. The van der Waals surface area contributed by atoms with Crippen LogP contribution in [-0.4, -0.2) is 32.0 Å². The molecule has 1 fully saturated rings. The monoisotopic (exact) mass is 467 g/mol. The number of hydrogen-bond donors (Lipinski definition) is 1. The first-order valence-corrected chi connectivity index (χ1v) is 9.63. The molecule has 6 nitrogen and oxygen atoms in total. The van der Waals surface area contributed by atoms with Crippen molar-refractivity contribution in [2.75, 3.05) is 6.54 Å². The number of carbonyl (C=O) groups excluding carboxylic acids is 1. The number of aromatic nitrogens is 4. The summed E-state index contributed by atoms with van der Waals surface area (Å²) in [5.74, 6) is -0.362. The molecule has 1 aliphatic carbocycles. The molecular formula is C16H18BrClF3N5O. The van der Waals surface area contributed by atoms with Gasteiger partial charge in [0.25, 0.3) is 0 Å². The molecule has 11 heteroatoms. The Morgan fingerprint density at radius 1 is 1.41 bits per heavy atom. The van der Waals surface area contributed by atoms with Gasteiger partial charge in [0.15, 0.2) is 5.69 Å². The summed E-state index contributed by atoms with van der Waals surface area (Å²) < 4.78 is 42.0. The van der Waals surface area contributed by atoms with E-state index in [0.29, 0.717) is 30.2 Å². The number of halogens is 5. The Balaban J connectivity index is 1.56. The van der Waals surface area contributed by atoms with Crippen molar-refractivity contribution in [2.24, 2.45) is 0 Å². The van der Waals surface area contributed by atoms with Crippen LogP contribution in [0.25, 0.3) is 0 Å². The maximum atomic E-state index is 13.1. The van der Waals surface area contributed by atoms with Gasteiger partial charge in [-0.1, -0.05) is 11.6 Å². The van der Waals surface area contributed by atoms with E-state index in [1.165, 1.54) is 0 Å². The van der Waals surface area contributed by atoms with Crippen LogP contribution in [0, 0.1) is 6.92 Å². The number of amides is 1. The van der Waals surface area contributed by atoms with Crippen molar-refractivity contribution in [3.63, 3.8) is 0 Å². The predicted molar refractivity (Wildman–Crippen MR) is 96.5 cm³/mol. The Morgan fingerprint density at radius 2 is 2.11 bits per heavy atom. The van der Waals surface area contributed by atoms with Gasteiger partial charge in [-0.05, 0) is 42.1 Å². The van der Waals surface area contributed by atoms with Crippen LogP contribution in [0.2, 0.25) is 5.02 Å². The van der Waals surface area contributed by atoms with Crippen LogP contribution in [0.15, 0.2) is 10.7 Å². The molecule has 2 aromatic heterocycles. The lowest BCUT2D eigenvalue weighted by atomic mass is 10.2. The van der Waals surface area contributed by atoms with Gasteiger partial charge in [0.05, 0.1) is 20.9 Å². The summed E-state index contributed by atoms with van der Waals surface area (Å²) in [6, 6.07) is 0. The second-order valence-electron chi connectivity index (χ2n) is 6.51. The minimum atomic E-state index is -4.56. The predicted octanol–water partition coefficient (Wildman–Crippen LogP) is 3.91. The first kappa shape index (κ1) is 20.2. The molecule has 27 heavy (non-hydrogen) atoms. The summed E-state index contributed by atoms with van der Waals surface area (Å²) in [5.41, 5.74) is 0.195. The fourth-order valence-corrected chi connectivity index (χ4v) is 3.75. The smallest absolute Gasteiger partial charge is 0.354 e. The number of hydrogen-bond acceptors (Lipinski definition) is 3. The molecule has 1 N–H and O–H groups in total. The van der Waals surface area contributed by atoms with Gasteiger partial charge in [-0.3, -0.25) is 14.2 Å². The molecule has 2 heterocycles. The van der Waals surface area contributed by atoms with Crippen molar-refractivity contribution in [1.29, 1.82) is 0 Å². The van der Waals surface area contributed by atoms with E-state index in [0.717, 1.165) is 23.2 Å². The van der Waals surface area contributed by atoms with Crippen LogP contribution in [0.1, 0.15) is 42.3 Å². The SMILES string of the molecule is Cc1nn(CCCNC(=O)Cn2nc(C(F)(F)F)c(Br)c2C2CC2)cc1Cl. The van der Waals surface area contributed by atoms with Crippen LogP contribution >= 0.6 is 27.5 Å². The summed E-state index contributed by atoms with van der Waals surface area (Å²) >= 11 is 8.94. The molecule has 0 bridgehead atoms. The van der Waals surface area contributed by atoms with E-state index >= 15 is 0 Å². The van der Waals surface area contributed by atoms with Crippen LogP contribution in [-0.2, 0) is 24.1 Å². The number of nitrogens with one attached hydrogen (secondary N) is 1. The van der Waals surface area contributed by atoms with Gasteiger partial charge in [0, 0.05) is 25.2 Å². The third-order valence-electron chi connectivity index (χ3n) is 4.23. The normalized spacial score (nSPS) is 14.6. The Hall–Kier alpha value is -1.55. The molecule has 3 rings (SSSR count). The zero-order valence-electron chi connectivity index (χ0n) is 14.5. The summed E-state index contributed by atoms with van der Waals surface area (Å²) in [4.78, 5) is 12.1. The van der Waals surface area contributed by atoms with Crippen molar-refractivity contribution < 1.29 is 18.0 Å². The Kier molecular flexibility index (Phi) is 5.85. The maximum Gasteiger partial charge on any atom is 0.436 e. The van der Waals surface area contributed by atoms with E-state index in [4.69, 9.17) is 11.6 Å². The molecule has 0 unspecified atom stereocenters. The Labute approximate surface area is 167 Å². The standard InChI is InChI=1S/C16H18BrClF3N5O/c1-9-11(18)7-25(23-9)6-2-5-22-12(27)8-26-14(10-3-4-10)13(17)15(24-26)16(19,20)21/h7,10H,2-6,8H2,1H3,(H,22,27). The third kappa shape index (κ3) is 4.84. The highest BCUT2D eigenvalue weighted by molar-refractivity contribution is 9.10. The van der Waals surface area contributed by atoms with E-state index in [1.54, 1.807) is 17.8 Å². The molecule has 0 atom stereocenters. The number of carbonyl (C=O) groups is 1. The molecule has 2 aromatic rings. The second-order valence-corrected chi connectivity index (χ2v) is 7.71. The molecule has 1 aliphatic rings. The zero-order valence-corrected chi connectivity index (χ0v) is 16.8. The maximum absolute atomic E-state index is 13.1. The highest BCUT2D eigenvalue weighted by Crippen LogP contribution is 2.46. The lowest BCUT2D eigenvalue weighted by Crippen LogP contribution is -2.30. The minimum Gasteiger partial charge on any atom is -0.354 e. The van der Waals surface area contributed by atoms with Gasteiger partial charge >= 0.3 is 6.18 Å². The van der Waals surface area contributed by atoms with Gasteiger partial charge in [-0.25, -0.2) is 0 Å². The lowest BCUT2D eigenvalue weighted by molar-refractivity contribution is -0.142. The molecule has 1 saturated carbocycles. The Morgan fingerprint density at radius 3 is 2.67 bits per heavy atom. The molecule has 0 radical (unpaired) electrons. The quantitative estimate of drug-likeness (QED) is 0.627. The molecular weight excluding hydrogens is 451 g/mol. The van der Waals surface area contributed by atoms with Gasteiger partial charge < -0.3 is 5.32 Å². The zero-order chi connectivity index (χ0) is 19.8. The molecule has 0 aliphatic heterocycles. The van der Waals surface area contributed by atoms with E-state index in [2.05, 4.69) is 31.4 Å². The fraction of sp³-hybridized carbons (Fsp3) is 0.562. The largest absolute Gasteiger partial charge is 0.436 e. The number of alkyl halides is 3. The molecule has 0 spiro atoms. The highest BCUT2D eigenvalue weighted by atomic mass is 79.9. The fourth-order valence-electron chi connectivity index (χ4n) is 2.77. The molecule has 148 valence electrons. The van der Waals surface area contributed by atoms with Gasteiger partial charge in [-0.15, -0.1) is 0 Å². The topological polar surface area (TPSA) is 64.7 Å². The summed E-state index contributed by atoms with van der Waals surface area (Å²) in [5, 5.41) is 11.1. The van der Waals surface area contributed by atoms with Gasteiger partial charge in [0.2, 0.25) is 5.91 Å². The van der Waals surface area contributed by atoms with Crippen LogP contribution in [0.4, 0.5) is 13.2 Å². The van der Waals surface area contributed by atoms with E-state index in [9.17, 15) is 18.0 Å². The van der Waals surface area contributed by atoms with Crippen LogP contribution in [0.5, 0.6) is 0 Å². The lowest BCUT2D eigenvalue weighted by Gasteiger charge is -2.08. The van der Waals surface area contributed by atoms with E-state index in [-0.39, 0.29) is 22.8 Å². The number of aryl methyl sites for hydroxylation is 2. The number of nitrogens with zero attached hydrogens (tertiary/aromatic N) is 4. The van der Waals surface area contributed by atoms with Crippen LogP contribution < -0.4 is 5.32 Å². The van der Waals surface area contributed by atoms with Crippen LogP contribution in [0.3, 0.4) is 0 Å². The van der Waals surface area contributed by atoms with E-state index in [1.807, 2.05) is 0 Å². The van der Waals surface area contributed by atoms with Crippen molar-refractivity contribution in [3.05, 3.63) is 32.8 Å². The van der Waals surface area contributed by atoms with Crippen molar-refractivity contribution in [2.45, 2.75) is 51.4 Å². The molecule has 1 amide bonds. The summed E-state index contributed by atoms with van der Waals surface area (Å²) in [6.45, 7) is 2.51. The molecule has 0 saturated heterocycles. The highest BCUT2D eigenvalue weighted by Gasteiger charge is 2.41. The molecule has 0 aromatic carbocycles. The first-order chi connectivity index (χ1) is 12.7. The minimum absolute atomic E-state index is 0.0172. The van der Waals surface area contributed by atoms with Gasteiger partial charge in [-0.2, -0.15) is 23.4 Å². The second kappa shape index (κ2) is 7.83. The average Bonchev–Trinajstić information content (AvgIpc) is 3.27. The summed E-state index contributed by atoms with van der Waals surface area (Å²) in [6.07, 6.45) is -0.632. The van der Waals surface area contributed by atoms with Crippen molar-refractivity contribution in [1.82, 2.24) is 24.9 Å². The number of rotatable bonds is 7. The van der Waals surface area contributed by atoms with Crippen molar-refractivity contribution >= 4 is 33.4 Å². The van der Waals surface area contributed by atoms with E-state index < -0.39 is 11.9 Å². The van der Waals surface area contributed by atoms with Crippen molar-refractivity contribution in [3.8, 4) is 0 Å². The average molecular weight is 469 g/mol. The summed E-state index contributed by atoms with van der Waals surface area (Å²) in [7, 11) is 0. The van der Waals surface area contributed by atoms with Gasteiger partial charge in [0.1, 0.15) is 6.54 Å². The Bertz CT molecular complexity index is 824. The third-order valence-corrected chi connectivity index (χ3v) is 5.38.